The van der Waals surface area contributed by atoms with E-state index in [1.165, 1.54) is 23.9 Å². The number of carbonyl (C=O) groups is 1. The van der Waals surface area contributed by atoms with Crippen LogP contribution in [0, 0.1) is 10.1 Å². The van der Waals surface area contributed by atoms with E-state index in [0.717, 1.165) is 11.1 Å². The van der Waals surface area contributed by atoms with Gasteiger partial charge in [-0.15, -0.1) is 10.2 Å². The lowest BCUT2D eigenvalue weighted by atomic mass is 10.1. The number of thioether (sulfide) groups is 1. The smallest absolute Gasteiger partial charge is 0.269 e. The van der Waals surface area contributed by atoms with Gasteiger partial charge in [-0.2, -0.15) is 0 Å². The summed E-state index contributed by atoms with van der Waals surface area (Å²) in [5, 5.41) is 22.9. The fourth-order valence-electron chi connectivity index (χ4n) is 2.33. The molecule has 0 spiro atoms. The standard InChI is InChI=1S/C19H15ClN4O3S/c20-16-4-2-1-3-14(16)11-21-18(25)12-28-19-10-9-17(22-23-19)13-5-7-15(8-6-13)24(26)27/h1-10H,11-12H2,(H,21,25). The van der Waals surface area contributed by atoms with Crippen LogP contribution in [-0.4, -0.2) is 26.8 Å². The Hall–Kier alpha value is -2.97. The van der Waals surface area contributed by atoms with Crippen LogP contribution >= 0.6 is 23.4 Å². The van der Waals surface area contributed by atoms with Crippen LogP contribution < -0.4 is 5.32 Å². The summed E-state index contributed by atoms with van der Waals surface area (Å²) in [6.07, 6.45) is 0. The molecule has 0 radical (unpaired) electrons. The Morgan fingerprint density at radius 2 is 1.82 bits per heavy atom. The number of benzene rings is 2. The summed E-state index contributed by atoms with van der Waals surface area (Å²) in [5.41, 5.74) is 2.20. The van der Waals surface area contributed by atoms with Crippen molar-refractivity contribution in [2.24, 2.45) is 0 Å². The fourth-order valence-corrected chi connectivity index (χ4v) is 3.18. The first kappa shape index (κ1) is 19.8. The number of nitrogens with zero attached hydrogens (tertiary/aromatic N) is 3. The lowest BCUT2D eigenvalue weighted by Crippen LogP contribution is -2.24. The minimum absolute atomic E-state index is 0.0201. The number of hydrogen-bond acceptors (Lipinski definition) is 6. The Morgan fingerprint density at radius 1 is 1.07 bits per heavy atom. The summed E-state index contributed by atoms with van der Waals surface area (Å²) < 4.78 is 0. The molecule has 1 heterocycles. The molecule has 7 nitrogen and oxygen atoms in total. The molecule has 28 heavy (non-hydrogen) atoms. The molecule has 1 N–H and O–H groups in total. The first-order valence-electron chi connectivity index (χ1n) is 8.24. The van der Waals surface area contributed by atoms with Crippen LogP contribution in [0.1, 0.15) is 5.56 Å². The van der Waals surface area contributed by atoms with Crippen molar-refractivity contribution < 1.29 is 9.72 Å². The summed E-state index contributed by atoms with van der Waals surface area (Å²) in [6, 6.07) is 16.9. The van der Waals surface area contributed by atoms with Crippen LogP contribution in [0.25, 0.3) is 11.3 Å². The van der Waals surface area contributed by atoms with Gasteiger partial charge in [0.15, 0.2) is 0 Å². The van der Waals surface area contributed by atoms with Gasteiger partial charge in [0.1, 0.15) is 5.03 Å². The highest BCUT2D eigenvalue weighted by molar-refractivity contribution is 7.99. The van der Waals surface area contributed by atoms with Crippen molar-refractivity contribution in [3.05, 3.63) is 81.4 Å². The largest absolute Gasteiger partial charge is 0.351 e. The highest BCUT2D eigenvalue weighted by Gasteiger charge is 2.08. The molecule has 0 aliphatic carbocycles. The van der Waals surface area contributed by atoms with Gasteiger partial charge in [0.2, 0.25) is 5.91 Å². The van der Waals surface area contributed by atoms with Gasteiger partial charge in [-0.3, -0.25) is 14.9 Å². The molecule has 1 aromatic heterocycles. The second kappa shape index (κ2) is 9.29. The molecule has 0 unspecified atom stereocenters. The predicted molar refractivity (Wildman–Crippen MR) is 108 cm³/mol. The first-order chi connectivity index (χ1) is 13.5. The molecule has 3 aromatic rings. The van der Waals surface area contributed by atoms with E-state index in [2.05, 4.69) is 15.5 Å². The van der Waals surface area contributed by atoms with Crippen molar-refractivity contribution in [3.63, 3.8) is 0 Å². The Labute approximate surface area is 170 Å². The molecule has 9 heteroatoms. The zero-order chi connectivity index (χ0) is 19.9. The maximum absolute atomic E-state index is 12.0. The first-order valence-corrected chi connectivity index (χ1v) is 9.61. The highest BCUT2D eigenvalue weighted by atomic mass is 35.5. The average molecular weight is 415 g/mol. The predicted octanol–water partition coefficient (Wildman–Crippen LogP) is 4.11. The zero-order valence-corrected chi connectivity index (χ0v) is 16.1. The molecule has 0 bridgehead atoms. The summed E-state index contributed by atoms with van der Waals surface area (Å²) in [7, 11) is 0. The van der Waals surface area contributed by atoms with E-state index in [0.29, 0.717) is 22.3 Å². The highest BCUT2D eigenvalue weighted by Crippen LogP contribution is 2.22. The van der Waals surface area contributed by atoms with Gasteiger partial charge >= 0.3 is 0 Å². The molecule has 0 atom stereocenters. The molecule has 0 aliphatic rings. The third-order valence-corrected chi connectivity index (χ3v) is 5.09. The SMILES string of the molecule is O=C(CSc1ccc(-c2ccc([N+](=O)[O-])cc2)nn1)NCc1ccccc1Cl. The summed E-state index contributed by atoms with van der Waals surface area (Å²) in [6.45, 7) is 0.365. The van der Waals surface area contributed by atoms with Crippen molar-refractivity contribution in [1.29, 1.82) is 0 Å². The number of non-ortho nitro benzene ring substituents is 1. The minimum atomic E-state index is -0.452. The topological polar surface area (TPSA) is 98.0 Å². The van der Waals surface area contributed by atoms with Crippen LogP contribution in [0.2, 0.25) is 5.02 Å². The van der Waals surface area contributed by atoms with Gasteiger partial charge in [0.25, 0.3) is 5.69 Å². The normalized spacial score (nSPS) is 10.5. The number of nitrogens with one attached hydrogen (secondary N) is 1. The van der Waals surface area contributed by atoms with E-state index in [1.807, 2.05) is 18.2 Å². The van der Waals surface area contributed by atoms with Gasteiger partial charge in [-0.05, 0) is 35.9 Å². The average Bonchev–Trinajstić information content (AvgIpc) is 2.72. The van der Waals surface area contributed by atoms with Crippen LogP contribution in [0.15, 0.2) is 65.7 Å². The van der Waals surface area contributed by atoms with E-state index in [-0.39, 0.29) is 17.3 Å². The van der Waals surface area contributed by atoms with Gasteiger partial charge in [0.05, 0.1) is 16.4 Å². The zero-order valence-electron chi connectivity index (χ0n) is 14.5. The number of rotatable bonds is 7. The minimum Gasteiger partial charge on any atom is -0.351 e. The van der Waals surface area contributed by atoms with Gasteiger partial charge in [-0.1, -0.05) is 41.6 Å². The van der Waals surface area contributed by atoms with Crippen LogP contribution in [-0.2, 0) is 11.3 Å². The lowest BCUT2D eigenvalue weighted by Gasteiger charge is -2.06. The van der Waals surface area contributed by atoms with E-state index < -0.39 is 4.92 Å². The van der Waals surface area contributed by atoms with E-state index in [1.54, 1.807) is 30.3 Å². The van der Waals surface area contributed by atoms with Crippen molar-refractivity contribution in [3.8, 4) is 11.3 Å². The summed E-state index contributed by atoms with van der Waals surface area (Å²) in [5.74, 6) is 0.0712. The van der Waals surface area contributed by atoms with Gasteiger partial charge in [0, 0.05) is 29.3 Å². The number of nitro groups is 1. The van der Waals surface area contributed by atoms with Crippen LogP contribution in [0.5, 0.6) is 0 Å². The quantitative estimate of drug-likeness (QED) is 0.355. The molecule has 2 aromatic carbocycles. The monoisotopic (exact) mass is 414 g/mol. The van der Waals surface area contributed by atoms with E-state index in [9.17, 15) is 14.9 Å². The Bertz CT molecular complexity index is 981. The third-order valence-electron chi connectivity index (χ3n) is 3.80. The van der Waals surface area contributed by atoms with Gasteiger partial charge in [-0.25, -0.2) is 0 Å². The molecule has 0 fully saturated rings. The maximum Gasteiger partial charge on any atom is 0.269 e. The fraction of sp³-hybridized carbons (Fsp3) is 0.105. The molecule has 142 valence electrons. The van der Waals surface area contributed by atoms with E-state index in [4.69, 9.17) is 11.6 Å². The molecular formula is C19H15ClN4O3S. The number of nitro benzene ring substituents is 1. The molecular weight excluding hydrogens is 400 g/mol. The summed E-state index contributed by atoms with van der Waals surface area (Å²) in [4.78, 5) is 22.2. The second-order valence-corrected chi connectivity index (χ2v) is 7.12. The number of carbonyl (C=O) groups excluding carboxylic acids is 1. The number of aromatic nitrogens is 2. The van der Waals surface area contributed by atoms with Crippen molar-refractivity contribution in [2.75, 3.05) is 5.75 Å². The van der Waals surface area contributed by atoms with Crippen LogP contribution in [0.4, 0.5) is 5.69 Å². The summed E-state index contributed by atoms with van der Waals surface area (Å²) >= 11 is 7.33. The molecule has 1 amide bonds. The number of halogens is 1. The van der Waals surface area contributed by atoms with Crippen molar-refractivity contribution in [1.82, 2.24) is 15.5 Å². The van der Waals surface area contributed by atoms with E-state index >= 15 is 0 Å². The second-order valence-electron chi connectivity index (χ2n) is 5.72. The van der Waals surface area contributed by atoms with Crippen molar-refractivity contribution >= 4 is 35.0 Å². The molecule has 3 rings (SSSR count). The molecule has 0 saturated carbocycles. The third kappa shape index (κ3) is 5.28. The Morgan fingerprint density at radius 3 is 2.46 bits per heavy atom. The molecule has 0 saturated heterocycles. The number of amides is 1. The van der Waals surface area contributed by atoms with Crippen molar-refractivity contribution in [2.45, 2.75) is 11.6 Å². The Balaban J connectivity index is 1.52. The van der Waals surface area contributed by atoms with Crippen LogP contribution in [0.3, 0.4) is 0 Å². The maximum atomic E-state index is 12.0. The number of hydrogen-bond donors (Lipinski definition) is 1. The lowest BCUT2D eigenvalue weighted by molar-refractivity contribution is -0.384. The molecule has 0 aliphatic heterocycles. The Kier molecular flexibility index (Phi) is 6.57. The van der Waals surface area contributed by atoms with Gasteiger partial charge < -0.3 is 5.32 Å².